The Balaban J connectivity index is 1.87. The molecule has 120 valence electrons. The lowest BCUT2D eigenvalue weighted by Gasteiger charge is -2.34. The van der Waals surface area contributed by atoms with Gasteiger partial charge < -0.3 is 0 Å². The summed E-state index contributed by atoms with van der Waals surface area (Å²) in [7, 11) is 2.12. The molecule has 2 aromatic carbocycles. The van der Waals surface area contributed by atoms with Crippen molar-refractivity contribution in [3.8, 4) is 0 Å². The first-order chi connectivity index (χ1) is 11.6. The van der Waals surface area contributed by atoms with Gasteiger partial charge in [-0.1, -0.05) is 24.3 Å². The third-order valence-electron chi connectivity index (χ3n) is 5.86. The Hall–Kier alpha value is -2.40. The highest BCUT2D eigenvalue weighted by Gasteiger charge is 2.68. The number of fused-ring (bicyclic) bond motifs is 3. The van der Waals surface area contributed by atoms with Crippen LogP contribution in [0.2, 0.25) is 0 Å². The Kier molecular flexibility index (Phi) is 2.54. The minimum Gasteiger partial charge on any atom is -0.292 e. The Morgan fingerprint density at radius 1 is 0.667 bits per heavy atom. The Labute approximate surface area is 139 Å². The van der Waals surface area contributed by atoms with Crippen molar-refractivity contribution in [1.29, 1.82) is 0 Å². The second kappa shape index (κ2) is 4.36. The predicted molar refractivity (Wildman–Crippen MR) is 89.7 cm³/mol. The van der Waals surface area contributed by atoms with E-state index in [1.165, 1.54) is 0 Å². The number of likely N-dealkylation sites (N-methyl/N-ethyl adjacent to an activating group) is 1. The van der Waals surface area contributed by atoms with Gasteiger partial charge >= 0.3 is 0 Å². The molecule has 5 heteroatoms. The van der Waals surface area contributed by atoms with Crippen LogP contribution >= 0.6 is 0 Å². The lowest BCUT2D eigenvalue weighted by atomic mass is 9.89. The van der Waals surface area contributed by atoms with Gasteiger partial charge in [0.1, 0.15) is 0 Å². The SMILES string of the molecule is CC1N(C)C(C)C2(N=c3ccccc3=N2)C12N=c1ccccc1=N2. The molecule has 5 nitrogen and oxygen atoms in total. The molecule has 3 aliphatic heterocycles. The molecule has 3 heterocycles. The highest BCUT2D eigenvalue weighted by Crippen LogP contribution is 2.48. The average Bonchev–Trinajstić information content (AvgIpc) is 3.22. The zero-order valence-electron chi connectivity index (χ0n) is 14.0. The second-order valence-electron chi connectivity index (χ2n) is 6.89. The van der Waals surface area contributed by atoms with Crippen molar-refractivity contribution < 1.29 is 0 Å². The van der Waals surface area contributed by atoms with E-state index in [9.17, 15) is 0 Å². The molecule has 0 radical (unpaired) electrons. The van der Waals surface area contributed by atoms with Crippen LogP contribution in [0.4, 0.5) is 0 Å². The minimum absolute atomic E-state index is 0.113. The average molecular weight is 317 g/mol. The first-order valence-corrected chi connectivity index (χ1v) is 8.39. The fourth-order valence-corrected chi connectivity index (χ4v) is 4.31. The summed E-state index contributed by atoms with van der Waals surface area (Å²) in [5, 5.41) is 3.75. The summed E-state index contributed by atoms with van der Waals surface area (Å²) in [5.41, 5.74) is -1.41. The van der Waals surface area contributed by atoms with Crippen LogP contribution in [0.1, 0.15) is 13.8 Å². The van der Waals surface area contributed by atoms with E-state index < -0.39 is 11.3 Å². The monoisotopic (exact) mass is 317 g/mol. The summed E-state index contributed by atoms with van der Waals surface area (Å²) in [6.07, 6.45) is 0. The molecule has 0 N–H and O–H groups in total. The fraction of sp³-hybridized carbons (Fsp3) is 0.368. The molecule has 2 atom stereocenters. The smallest absolute Gasteiger partial charge is 0.212 e. The van der Waals surface area contributed by atoms with Crippen molar-refractivity contribution in [3.63, 3.8) is 0 Å². The van der Waals surface area contributed by atoms with Crippen LogP contribution in [0.25, 0.3) is 0 Å². The van der Waals surface area contributed by atoms with Gasteiger partial charge in [-0.15, -0.1) is 0 Å². The van der Waals surface area contributed by atoms with Gasteiger partial charge in [-0.2, -0.15) is 0 Å². The molecule has 0 amide bonds. The molecule has 0 aromatic heterocycles. The lowest BCUT2D eigenvalue weighted by molar-refractivity contribution is 0.236. The lowest BCUT2D eigenvalue weighted by Crippen LogP contribution is -2.52. The molecule has 24 heavy (non-hydrogen) atoms. The van der Waals surface area contributed by atoms with Crippen LogP contribution < -0.4 is 21.4 Å². The van der Waals surface area contributed by atoms with E-state index in [4.69, 9.17) is 20.0 Å². The van der Waals surface area contributed by atoms with Gasteiger partial charge in [-0.05, 0) is 45.2 Å². The highest BCUT2D eigenvalue weighted by molar-refractivity contribution is 5.29. The van der Waals surface area contributed by atoms with Gasteiger partial charge in [-0.3, -0.25) is 4.90 Å². The molecule has 0 aliphatic carbocycles. The van der Waals surface area contributed by atoms with Crippen molar-refractivity contribution in [2.24, 2.45) is 20.0 Å². The van der Waals surface area contributed by atoms with Crippen LogP contribution in [-0.4, -0.2) is 35.4 Å². The van der Waals surface area contributed by atoms with Gasteiger partial charge in [0.2, 0.25) is 11.3 Å². The predicted octanol–water partition coefficient (Wildman–Crippen LogP) is 0.00740. The van der Waals surface area contributed by atoms with Crippen molar-refractivity contribution in [2.75, 3.05) is 7.05 Å². The molecule has 5 rings (SSSR count). The molecule has 1 fully saturated rings. The van der Waals surface area contributed by atoms with Crippen molar-refractivity contribution in [2.45, 2.75) is 37.3 Å². The van der Waals surface area contributed by atoms with Gasteiger partial charge in [0.25, 0.3) is 0 Å². The van der Waals surface area contributed by atoms with Crippen LogP contribution in [0, 0.1) is 0 Å². The van der Waals surface area contributed by atoms with E-state index in [0.717, 1.165) is 21.4 Å². The normalized spacial score (nSPS) is 28.0. The van der Waals surface area contributed by atoms with Crippen molar-refractivity contribution >= 4 is 0 Å². The van der Waals surface area contributed by atoms with Gasteiger partial charge in [-0.25, -0.2) is 20.0 Å². The zero-order valence-corrected chi connectivity index (χ0v) is 14.0. The van der Waals surface area contributed by atoms with Crippen LogP contribution in [0.5, 0.6) is 0 Å². The Morgan fingerprint density at radius 2 is 0.958 bits per heavy atom. The first kappa shape index (κ1) is 14.0. The summed E-state index contributed by atoms with van der Waals surface area (Å²) >= 11 is 0. The number of rotatable bonds is 0. The van der Waals surface area contributed by atoms with Gasteiger partial charge in [0.15, 0.2) is 0 Å². The standard InChI is InChI=1S/C19H19N5/c1-12-18(20-14-8-4-5-9-15(14)21-18)19(13(2)24(12)3)22-16-10-6-7-11-17(16)23-19/h4-13H,1-3H3. The van der Waals surface area contributed by atoms with Gasteiger partial charge in [0, 0.05) is 0 Å². The first-order valence-electron chi connectivity index (χ1n) is 8.39. The maximum atomic E-state index is 5.09. The Bertz CT molecular complexity index is 930. The summed E-state index contributed by atoms with van der Waals surface area (Å²) in [6, 6.07) is 16.4. The maximum Gasteiger partial charge on any atom is 0.212 e. The number of benzene rings is 2. The Morgan fingerprint density at radius 3 is 1.25 bits per heavy atom. The van der Waals surface area contributed by atoms with Crippen molar-refractivity contribution in [1.82, 2.24) is 4.90 Å². The minimum atomic E-state index is -0.704. The van der Waals surface area contributed by atoms with E-state index >= 15 is 0 Å². The third-order valence-corrected chi connectivity index (χ3v) is 5.86. The number of hydrogen-bond donors (Lipinski definition) is 0. The summed E-state index contributed by atoms with van der Waals surface area (Å²) < 4.78 is 0. The van der Waals surface area contributed by atoms with Crippen molar-refractivity contribution in [3.05, 3.63) is 70.0 Å². The maximum absolute atomic E-state index is 5.09. The molecule has 2 spiro atoms. The second-order valence-corrected chi connectivity index (χ2v) is 6.89. The molecule has 0 saturated carbocycles. The van der Waals surface area contributed by atoms with E-state index in [1.54, 1.807) is 0 Å². The largest absolute Gasteiger partial charge is 0.292 e. The van der Waals surface area contributed by atoms with E-state index in [1.807, 2.05) is 48.5 Å². The number of nitrogens with zero attached hydrogens (tertiary/aromatic N) is 5. The summed E-state index contributed by atoms with van der Waals surface area (Å²) in [6.45, 7) is 4.36. The molecule has 0 bridgehead atoms. The van der Waals surface area contributed by atoms with Gasteiger partial charge in [0.05, 0.1) is 33.5 Å². The molecule has 2 aromatic rings. The topological polar surface area (TPSA) is 52.7 Å². The highest BCUT2D eigenvalue weighted by atomic mass is 15.4. The van der Waals surface area contributed by atoms with Crippen LogP contribution in [-0.2, 0) is 0 Å². The fourth-order valence-electron chi connectivity index (χ4n) is 4.31. The van der Waals surface area contributed by atoms with Crippen LogP contribution in [0.15, 0.2) is 68.5 Å². The number of para-hydroxylation sites is 4. The molecule has 2 unspecified atom stereocenters. The molecular weight excluding hydrogens is 298 g/mol. The summed E-state index contributed by atoms with van der Waals surface area (Å²) in [4.78, 5) is 22.7. The molecule has 1 saturated heterocycles. The zero-order chi connectivity index (χ0) is 16.5. The summed E-state index contributed by atoms with van der Waals surface area (Å²) in [5.74, 6) is 0. The molecular formula is C19H19N5. The number of likely N-dealkylation sites (tertiary alicyclic amines) is 1. The quantitative estimate of drug-likeness (QED) is 0.675. The van der Waals surface area contributed by atoms with E-state index in [0.29, 0.717) is 0 Å². The number of hydrogen-bond acceptors (Lipinski definition) is 5. The third kappa shape index (κ3) is 1.44. The van der Waals surface area contributed by atoms with E-state index in [-0.39, 0.29) is 12.1 Å². The van der Waals surface area contributed by atoms with E-state index in [2.05, 4.69) is 25.8 Å². The molecule has 3 aliphatic rings. The van der Waals surface area contributed by atoms with Crippen LogP contribution in [0.3, 0.4) is 0 Å².